The predicted octanol–water partition coefficient (Wildman–Crippen LogP) is 2.03. The van der Waals surface area contributed by atoms with Crippen LogP contribution < -0.4 is 10.7 Å². The number of aromatic hydroxyl groups is 1. The highest BCUT2D eigenvalue weighted by Gasteiger charge is 2.50. The highest BCUT2D eigenvalue weighted by Crippen LogP contribution is 2.45. The van der Waals surface area contributed by atoms with E-state index in [0.29, 0.717) is 12.6 Å². The molecular formula is C22H25F2N3O5. The lowest BCUT2D eigenvalue weighted by atomic mass is 9.94. The van der Waals surface area contributed by atoms with Crippen molar-refractivity contribution in [2.75, 3.05) is 13.1 Å². The van der Waals surface area contributed by atoms with Crippen LogP contribution in [-0.4, -0.2) is 44.6 Å². The van der Waals surface area contributed by atoms with Gasteiger partial charge in [-0.05, 0) is 19.9 Å². The lowest BCUT2D eigenvalue weighted by Crippen LogP contribution is -2.52. The van der Waals surface area contributed by atoms with Crippen molar-refractivity contribution >= 4 is 11.8 Å². The van der Waals surface area contributed by atoms with Crippen molar-refractivity contribution in [2.24, 2.45) is 0 Å². The molecule has 10 heteroatoms. The fourth-order valence-corrected chi connectivity index (χ4v) is 4.53. The number of carbonyl (C=O) groups excluding carboxylic acids is 2. The normalized spacial score (nSPS) is 21.2. The molecule has 4 rings (SSSR count). The van der Waals surface area contributed by atoms with E-state index < -0.39 is 51.8 Å². The number of rotatable bonds is 4. The molecule has 3 N–H and O–H groups in total. The maximum Gasteiger partial charge on any atom is 0.274 e. The highest BCUT2D eigenvalue weighted by atomic mass is 19.1. The Hall–Kier alpha value is -3.27. The molecule has 0 aliphatic carbocycles. The Labute approximate surface area is 183 Å². The zero-order valence-electron chi connectivity index (χ0n) is 16.9. The summed E-state index contributed by atoms with van der Waals surface area (Å²) >= 11 is 0. The number of likely N-dealkylation sites (N-methyl/N-ethyl adjacent to an activating group) is 1. The third-order valence-electron chi connectivity index (χ3n) is 5.96. The first-order chi connectivity index (χ1) is 14.6. The van der Waals surface area contributed by atoms with Crippen molar-refractivity contribution in [3.05, 3.63) is 62.6 Å². The van der Waals surface area contributed by atoms with E-state index >= 15 is 0 Å². The number of aromatic nitrogens is 1. The summed E-state index contributed by atoms with van der Waals surface area (Å²) in [7, 11) is 0. The van der Waals surface area contributed by atoms with Crippen molar-refractivity contribution in [3.63, 3.8) is 0 Å². The largest absolute Gasteiger partial charge is 0.503 e. The van der Waals surface area contributed by atoms with Crippen LogP contribution in [0.5, 0.6) is 5.75 Å². The van der Waals surface area contributed by atoms with Crippen LogP contribution in [0.3, 0.4) is 0 Å². The summed E-state index contributed by atoms with van der Waals surface area (Å²) in [5, 5.41) is 23.6. The summed E-state index contributed by atoms with van der Waals surface area (Å²) in [6.45, 7) is 3.77. The monoisotopic (exact) mass is 449 g/mol. The van der Waals surface area contributed by atoms with Gasteiger partial charge in [0.1, 0.15) is 17.2 Å². The maximum atomic E-state index is 13.9. The number of amides is 2. The number of aliphatic hydroxyl groups excluding tert-OH is 1. The van der Waals surface area contributed by atoms with Crippen molar-refractivity contribution < 1.29 is 28.6 Å². The van der Waals surface area contributed by atoms with E-state index in [1.165, 1.54) is 9.47 Å². The summed E-state index contributed by atoms with van der Waals surface area (Å²) in [6.07, 6.45) is -1.08. The third kappa shape index (κ3) is 3.35. The number of halogens is 2. The Balaban J connectivity index is 0.00000289. The second-order valence-electron chi connectivity index (χ2n) is 8.08. The SMILES string of the molecule is C.CCN1CC2(C)CC(O)c3c(C(=O)NCc4ccc(F)cc4F)c(=O)c(O)c(n32)C1=O. The van der Waals surface area contributed by atoms with E-state index in [1.54, 1.807) is 13.8 Å². The molecular weight excluding hydrogens is 424 g/mol. The fraction of sp³-hybridized carbons (Fsp3) is 0.409. The van der Waals surface area contributed by atoms with Crippen LogP contribution in [-0.2, 0) is 12.1 Å². The van der Waals surface area contributed by atoms with Crippen LogP contribution in [0, 0.1) is 11.6 Å². The molecule has 0 bridgehead atoms. The molecule has 0 radical (unpaired) electrons. The molecule has 0 spiro atoms. The second kappa shape index (κ2) is 8.01. The predicted molar refractivity (Wildman–Crippen MR) is 111 cm³/mol. The van der Waals surface area contributed by atoms with Gasteiger partial charge in [0, 0.05) is 37.7 Å². The summed E-state index contributed by atoms with van der Waals surface area (Å²) in [5.74, 6) is -4.02. The number of carbonyl (C=O) groups is 2. The first-order valence-electron chi connectivity index (χ1n) is 9.81. The first-order valence-corrected chi connectivity index (χ1v) is 9.81. The van der Waals surface area contributed by atoms with Crippen molar-refractivity contribution in [3.8, 4) is 5.75 Å². The number of benzene rings is 1. The molecule has 32 heavy (non-hydrogen) atoms. The van der Waals surface area contributed by atoms with Crippen LogP contribution in [0.1, 0.15) is 65.9 Å². The molecule has 2 unspecified atom stereocenters. The summed E-state index contributed by atoms with van der Waals surface area (Å²) in [4.78, 5) is 40.0. The molecule has 0 saturated carbocycles. The molecule has 3 heterocycles. The zero-order valence-corrected chi connectivity index (χ0v) is 16.9. The van der Waals surface area contributed by atoms with Crippen LogP contribution in [0.2, 0.25) is 0 Å². The molecule has 2 aliphatic heterocycles. The Morgan fingerprint density at radius 2 is 2.00 bits per heavy atom. The van der Waals surface area contributed by atoms with Crippen LogP contribution in [0.4, 0.5) is 8.78 Å². The van der Waals surface area contributed by atoms with Crippen molar-refractivity contribution in [1.82, 2.24) is 14.8 Å². The number of aliphatic hydroxyl groups is 1. The maximum absolute atomic E-state index is 13.9. The molecule has 2 atom stereocenters. The van der Waals surface area contributed by atoms with Crippen LogP contribution in [0.25, 0.3) is 0 Å². The van der Waals surface area contributed by atoms with E-state index in [4.69, 9.17) is 0 Å². The van der Waals surface area contributed by atoms with E-state index in [2.05, 4.69) is 5.32 Å². The second-order valence-corrected chi connectivity index (χ2v) is 8.08. The van der Waals surface area contributed by atoms with Gasteiger partial charge in [0.2, 0.25) is 5.43 Å². The minimum Gasteiger partial charge on any atom is -0.503 e. The lowest BCUT2D eigenvalue weighted by Gasteiger charge is -2.40. The molecule has 8 nitrogen and oxygen atoms in total. The molecule has 172 valence electrons. The minimum absolute atomic E-state index is 0. The molecule has 2 aromatic rings. The van der Waals surface area contributed by atoms with E-state index in [1.807, 2.05) is 0 Å². The highest BCUT2D eigenvalue weighted by molar-refractivity contribution is 6.00. The quantitative estimate of drug-likeness (QED) is 0.661. The number of pyridine rings is 1. The van der Waals surface area contributed by atoms with Gasteiger partial charge < -0.3 is 25.0 Å². The number of nitrogens with one attached hydrogen (secondary N) is 1. The Bertz CT molecular complexity index is 1180. The van der Waals surface area contributed by atoms with Gasteiger partial charge in [0.25, 0.3) is 11.8 Å². The summed E-state index contributed by atoms with van der Waals surface area (Å²) < 4.78 is 28.3. The Morgan fingerprint density at radius 3 is 2.62 bits per heavy atom. The van der Waals surface area contributed by atoms with Crippen LogP contribution >= 0.6 is 0 Å². The van der Waals surface area contributed by atoms with Gasteiger partial charge in [-0.2, -0.15) is 0 Å². The van der Waals surface area contributed by atoms with Gasteiger partial charge in [-0.1, -0.05) is 13.5 Å². The van der Waals surface area contributed by atoms with Gasteiger partial charge in [0.05, 0.1) is 17.3 Å². The van der Waals surface area contributed by atoms with Gasteiger partial charge in [-0.25, -0.2) is 8.78 Å². The van der Waals surface area contributed by atoms with E-state index in [0.717, 1.165) is 12.1 Å². The van der Waals surface area contributed by atoms with Crippen molar-refractivity contribution in [2.45, 2.75) is 45.9 Å². The zero-order chi connectivity index (χ0) is 22.7. The standard InChI is InChI=1S/C21H21F2N3O5.CH4/c1-3-25-9-21(2)7-13(27)15-14(17(28)18(29)16(20(25)31)26(15)21)19(30)24-8-10-4-5-11(22)6-12(10)23;/h4-6,13,27,29H,3,7-9H2,1-2H3,(H,24,30);1H4. The van der Waals surface area contributed by atoms with Crippen molar-refractivity contribution in [1.29, 1.82) is 0 Å². The van der Waals surface area contributed by atoms with Gasteiger partial charge >= 0.3 is 0 Å². The Kier molecular flexibility index (Phi) is 5.86. The topological polar surface area (TPSA) is 112 Å². The van der Waals surface area contributed by atoms with Gasteiger partial charge in [-0.15, -0.1) is 0 Å². The smallest absolute Gasteiger partial charge is 0.274 e. The molecule has 2 aliphatic rings. The number of nitrogens with zero attached hydrogens (tertiary/aromatic N) is 2. The number of hydrogen-bond donors (Lipinski definition) is 3. The average Bonchev–Trinajstić information content (AvgIpc) is 2.96. The van der Waals surface area contributed by atoms with Gasteiger partial charge in [0.15, 0.2) is 11.4 Å². The molecule has 0 saturated heterocycles. The lowest BCUT2D eigenvalue weighted by molar-refractivity contribution is 0.0559. The fourth-order valence-electron chi connectivity index (χ4n) is 4.53. The first kappa shape index (κ1) is 23.4. The average molecular weight is 449 g/mol. The minimum atomic E-state index is -1.22. The summed E-state index contributed by atoms with van der Waals surface area (Å²) in [5.41, 5.74) is -2.73. The third-order valence-corrected chi connectivity index (χ3v) is 5.96. The van der Waals surface area contributed by atoms with Crippen LogP contribution in [0.15, 0.2) is 23.0 Å². The molecule has 2 amide bonds. The van der Waals surface area contributed by atoms with E-state index in [9.17, 15) is 33.4 Å². The van der Waals surface area contributed by atoms with Gasteiger partial charge in [-0.3, -0.25) is 14.4 Å². The molecule has 1 aromatic carbocycles. The summed E-state index contributed by atoms with van der Waals surface area (Å²) in [6, 6.07) is 2.86. The number of hydrogen-bond acceptors (Lipinski definition) is 5. The molecule has 0 fully saturated rings. The van der Waals surface area contributed by atoms with E-state index in [-0.39, 0.29) is 43.9 Å². The molecule has 1 aromatic heterocycles. The Morgan fingerprint density at radius 1 is 1.31 bits per heavy atom.